The molecule has 2 heterocycles. The van der Waals surface area contributed by atoms with Crippen molar-refractivity contribution in [1.82, 2.24) is 0 Å². The van der Waals surface area contributed by atoms with Crippen LogP contribution in [0, 0.1) is 17.0 Å². The molecular formula is C20H23N3O6S. The number of nitro groups is 1. The van der Waals surface area contributed by atoms with Gasteiger partial charge in [0, 0.05) is 31.3 Å². The first-order chi connectivity index (χ1) is 14.3. The molecule has 2 aromatic carbocycles. The van der Waals surface area contributed by atoms with E-state index in [0.29, 0.717) is 25.3 Å². The minimum absolute atomic E-state index is 0.171. The van der Waals surface area contributed by atoms with E-state index in [2.05, 4.69) is 9.62 Å². The average molecular weight is 433 g/mol. The van der Waals surface area contributed by atoms with Crippen molar-refractivity contribution in [2.24, 2.45) is 0 Å². The van der Waals surface area contributed by atoms with E-state index in [1.54, 1.807) is 13.0 Å². The second-order valence-corrected chi connectivity index (χ2v) is 9.02. The fourth-order valence-corrected chi connectivity index (χ4v) is 4.97. The normalized spacial score (nSPS) is 16.2. The molecule has 10 heteroatoms. The van der Waals surface area contributed by atoms with E-state index >= 15 is 0 Å². The maximum atomic E-state index is 13.1. The number of aryl methyl sites for hydroxylation is 1. The molecule has 0 aliphatic carbocycles. The fourth-order valence-electron chi connectivity index (χ4n) is 3.67. The molecule has 30 heavy (non-hydrogen) atoms. The highest BCUT2D eigenvalue weighted by atomic mass is 32.2. The summed E-state index contributed by atoms with van der Waals surface area (Å²) in [5.74, 6) is 0.351. The SMILES string of the molecule is Cc1cc(N2CCCC2)ccc1NS(=O)(=O)c1cc2c(cc1[N+](=O)[O-])OCCCO2. The molecule has 2 aliphatic heterocycles. The van der Waals surface area contributed by atoms with Crippen LogP contribution < -0.4 is 19.1 Å². The van der Waals surface area contributed by atoms with Crippen LogP contribution in [0.5, 0.6) is 11.5 Å². The van der Waals surface area contributed by atoms with Gasteiger partial charge in [-0.05, 0) is 43.5 Å². The first kappa shape index (κ1) is 20.3. The third kappa shape index (κ3) is 4.00. The van der Waals surface area contributed by atoms with E-state index in [1.165, 1.54) is 0 Å². The Morgan fingerprint density at radius 3 is 2.33 bits per heavy atom. The van der Waals surface area contributed by atoms with Crippen molar-refractivity contribution in [3.8, 4) is 11.5 Å². The zero-order valence-electron chi connectivity index (χ0n) is 16.6. The second kappa shape index (κ2) is 8.02. The highest BCUT2D eigenvalue weighted by molar-refractivity contribution is 7.92. The molecule has 0 bridgehead atoms. The average Bonchev–Trinajstić information content (AvgIpc) is 3.14. The summed E-state index contributed by atoms with van der Waals surface area (Å²) in [5.41, 5.74) is 1.59. The third-order valence-electron chi connectivity index (χ3n) is 5.24. The lowest BCUT2D eigenvalue weighted by Crippen LogP contribution is -2.18. The number of fused-ring (bicyclic) bond motifs is 1. The van der Waals surface area contributed by atoms with E-state index in [0.717, 1.165) is 49.3 Å². The number of anilines is 2. The van der Waals surface area contributed by atoms with Gasteiger partial charge in [0.25, 0.3) is 15.7 Å². The van der Waals surface area contributed by atoms with E-state index < -0.39 is 25.5 Å². The fraction of sp³-hybridized carbons (Fsp3) is 0.400. The summed E-state index contributed by atoms with van der Waals surface area (Å²) >= 11 is 0. The van der Waals surface area contributed by atoms with Gasteiger partial charge in [-0.2, -0.15) is 0 Å². The van der Waals surface area contributed by atoms with Crippen LogP contribution in [-0.4, -0.2) is 39.6 Å². The van der Waals surface area contributed by atoms with Crippen LogP contribution in [0.2, 0.25) is 0 Å². The summed E-state index contributed by atoms with van der Waals surface area (Å²) in [5, 5.41) is 11.6. The minimum Gasteiger partial charge on any atom is -0.490 e. The van der Waals surface area contributed by atoms with Crippen LogP contribution in [0.3, 0.4) is 0 Å². The number of nitrogens with one attached hydrogen (secondary N) is 1. The summed E-state index contributed by atoms with van der Waals surface area (Å²) in [6, 6.07) is 7.74. The van der Waals surface area contributed by atoms with Crippen molar-refractivity contribution >= 4 is 27.1 Å². The van der Waals surface area contributed by atoms with Crippen molar-refractivity contribution in [3.05, 3.63) is 46.0 Å². The van der Waals surface area contributed by atoms with Gasteiger partial charge in [0.05, 0.1) is 29.9 Å². The van der Waals surface area contributed by atoms with Gasteiger partial charge in [-0.25, -0.2) is 8.42 Å². The van der Waals surface area contributed by atoms with Crippen LogP contribution in [0.15, 0.2) is 35.2 Å². The molecule has 0 atom stereocenters. The summed E-state index contributed by atoms with van der Waals surface area (Å²) in [4.78, 5) is 12.6. The summed E-state index contributed by atoms with van der Waals surface area (Å²) in [7, 11) is -4.23. The van der Waals surface area contributed by atoms with Crippen LogP contribution in [0.1, 0.15) is 24.8 Å². The van der Waals surface area contributed by atoms with Crippen molar-refractivity contribution in [1.29, 1.82) is 0 Å². The van der Waals surface area contributed by atoms with E-state index in [-0.39, 0.29) is 11.5 Å². The number of benzene rings is 2. The van der Waals surface area contributed by atoms with Crippen LogP contribution in [0.25, 0.3) is 0 Å². The van der Waals surface area contributed by atoms with Crippen LogP contribution in [-0.2, 0) is 10.0 Å². The van der Waals surface area contributed by atoms with E-state index in [4.69, 9.17) is 9.47 Å². The van der Waals surface area contributed by atoms with Gasteiger partial charge < -0.3 is 14.4 Å². The first-order valence-electron chi connectivity index (χ1n) is 9.81. The molecule has 0 spiro atoms. The number of nitro benzene ring substituents is 1. The van der Waals surface area contributed by atoms with Crippen molar-refractivity contribution in [2.75, 3.05) is 35.9 Å². The Labute approximate surface area is 174 Å². The Morgan fingerprint density at radius 1 is 1.03 bits per heavy atom. The van der Waals surface area contributed by atoms with Gasteiger partial charge in [0.15, 0.2) is 16.4 Å². The Kier molecular flexibility index (Phi) is 5.42. The molecule has 1 N–H and O–H groups in total. The largest absolute Gasteiger partial charge is 0.490 e. The number of hydrogen-bond acceptors (Lipinski definition) is 7. The summed E-state index contributed by atoms with van der Waals surface area (Å²) in [6.45, 7) is 4.45. The van der Waals surface area contributed by atoms with Gasteiger partial charge in [0.2, 0.25) is 0 Å². The standard InChI is InChI=1S/C20H23N3O6S/c1-14-11-15(22-7-2-3-8-22)5-6-16(14)21-30(26,27)20-13-19-18(12-17(20)23(24)25)28-9-4-10-29-19/h5-6,11-13,21H,2-4,7-10H2,1H3. The van der Waals surface area contributed by atoms with E-state index in [9.17, 15) is 18.5 Å². The molecule has 0 amide bonds. The molecule has 0 saturated carbocycles. The number of nitrogens with zero attached hydrogens (tertiary/aromatic N) is 2. The quantitative estimate of drug-likeness (QED) is 0.568. The number of ether oxygens (including phenoxy) is 2. The lowest BCUT2D eigenvalue weighted by Gasteiger charge is -2.19. The predicted molar refractivity (Wildman–Crippen MR) is 112 cm³/mol. The van der Waals surface area contributed by atoms with E-state index in [1.807, 2.05) is 12.1 Å². The van der Waals surface area contributed by atoms with Gasteiger partial charge in [-0.15, -0.1) is 0 Å². The zero-order chi connectivity index (χ0) is 21.3. The maximum Gasteiger partial charge on any atom is 0.293 e. The predicted octanol–water partition coefficient (Wildman–Crippen LogP) is 3.47. The molecule has 2 aromatic rings. The number of hydrogen-bond donors (Lipinski definition) is 1. The molecular weight excluding hydrogens is 410 g/mol. The Bertz CT molecular complexity index is 1080. The van der Waals surface area contributed by atoms with Crippen LogP contribution >= 0.6 is 0 Å². The van der Waals surface area contributed by atoms with Crippen LogP contribution in [0.4, 0.5) is 17.1 Å². The number of sulfonamides is 1. The Balaban J connectivity index is 1.68. The highest BCUT2D eigenvalue weighted by Gasteiger charge is 2.30. The molecule has 1 fully saturated rings. The maximum absolute atomic E-state index is 13.1. The van der Waals surface area contributed by atoms with Gasteiger partial charge in [-0.1, -0.05) is 0 Å². The molecule has 160 valence electrons. The Morgan fingerprint density at radius 2 is 1.70 bits per heavy atom. The molecule has 1 saturated heterocycles. The Hall–Kier alpha value is -3.01. The molecule has 0 unspecified atom stereocenters. The van der Waals surface area contributed by atoms with Gasteiger partial charge >= 0.3 is 0 Å². The molecule has 9 nitrogen and oxygen atoms in total. The number of rotatable bonds is 5. The van der Waals surface area contributed by atoms with Gasteiger partial charge in [0.1, 0.15) is 0 Å². The molecule has 2 aliphatic rings. The van der Waals surface area contributed by atoms with Crippen molar-refractivity contribution in [3.63, 3.8) is 0 Å². The third-order valence-corrected chi connectivity index (χ3v) is 6.64. The van der Waals surface area contributed by atoms with Gasteiger partial charge in [-0.3, -0.25) is 14.8 Å². The molecule has 0 radical (unpaired) electrons. The lowest BCUT2D eigenvalue weighted by atomic mass is 10.2. The molecule has 0 aromatic heterocycles. The topological polar surface area (TPSA) is 111 Å². The second-order valence-electron chi connectivity index (χ2n) is 7.37. The monoisotopic (exact) mass is 433 g/mol. The van der Waals surface area contributed by atoms with Crippen molar-refractivity contribution < 1.29 is 22.8 Å². The zero-order valence-corrected chi connectivity index (χ0v) is 17.4. The first-order valence-corrected chi connectivity index (χ1v) is 11.3. The highest BCUT2D eigenvalue weighted by Crippen LogP contribution is 2.39. The van der Waals surface area contributed by atoms with Crippen molar-refractivity contribution in [2.45, 2.75) is 31.1 Å². The summed E-state index contributed by atoms with van der Waals surface area (Å²) < 4.78 is 39.6. The molecule has 4 rings (SSSR count). The minimum atomic E-state index is -4.23. The lowest BCUT2D eigenvalue weighted by molar-refractivity contribution is -0.387. The smallest absolute Gasteiger partial charge is 0.293 e. The summed E-state index contributed by atoms with van der Waals surface area (Å²) in [6.07, 6.45) is 2.88.